The first-order chi connectivity index (χ1) is 18.1. The molecule has 0 aliphatic rings. The van der Waals surface area contributed by atoms with Crippen LogP contribution in [-0.2, 0) is 24.0 Å². The number of nitrogens with two attached hydrogens (primary N) is 2. The van der Waals surface area contributed by atoms with E-state index in [4.69, 9.17) is 11.5 Å². The predicted molar refractivity (Wildman–Crippen MR) is 147 cm³/mol. The van der Waals surface area contributed by atoms with E-state index in [1.807, 2.05) is 27.7 Å². The number of carbonyl (C=O) groups is 5. The quantitative estimate of drug-likeness (QED) is 0.0881. The molecule has 0 aromatic carbocycles. The maximum atomic E-state index is 13.0. The molecule has 13 heteroatoms. The normalized spacial score (nSPS) is 16.0. The van der Waals surface area contributed by atoms with Crippen LogP contribution in [0.5, 0.6) is 0 Å². The third-order valence-electron chi connectivity index (χ3n) is 6.10. The lowest BCUT2D eigenvalue weighted by atomic mass is 9.97. The maximum absolute atomic E-state index is 13.0. The van der Waals surface area contributed by atoms with Crippen molar-refractivity contribution in [2.24, 2.45) is 29.2 Å². The minimum atomic E-state index is -1.49. The second-order valence-electron chi connectivity index (χ2n) is 10.9. The molecule has 0 aromatic rings. The van der Waals surface area contributed by atoms with E-state index in [2.05, 4.69) is 21.3 Å². The first kappa shape index (κ1) is 36.2. The van der Waals surface area contributed by atoms with Gasteiger partial charge in [0, 0.05) is 5.92 Å². The third-order valence-corrected chi connectivity index (χ3v) is 6.10. The van der Waals surface area contributed by atoms with Crippen molar-refractivity contribution in [2.75, 3.05) is 13.2 Å². The lowest BCUT2D eigenvalue weighted by Gasteiger charge is -2.27. The van der Waals surface area contributed by atoms with Crippen LogP contribution < -0.4 is 32.7 Å². The summed E-state index contributed by atoms with van der Waals surface area (Å²) < 4.78 is 0. The summed E-state index contributed by atoms with van der Waals surface area (Å²) in [6.45, 7) is 10.3. The van der Waals surface area contributed by atoms with Crippen molar-refractivity contribution in [3.8, 4) is 0 Å². The van der Waals surface area contributed by atoms with Gasteiger partial charge in [0.15, 0.2) is 0 Å². The number of aliphatic hydroxyl groups excluding tert-OH is 2. The summed E-state index contributed by atoms with van der Waals surface area (Å²) in [7, 11) is 0. The molecule has 0 rings (SSSR count). The minimum Gasteiger partial charge on any atom is -0.394 e. The molecule has 5 amide bonds. The highest BCUT2D eigenvalue weighted by Crippen LogP contribution is 2.12. The molecule has 226 valence electrons. The number of unbranched alkanes of at least 4 members (excludes halogenated alkanes) is 1. The largest absolute Gasteiger partial charge is 0.394 e. The number of aliphatic hydroxyl groups is 2. The van der Waals surface area contributed by atoms with Crippen molar-refractivity contribution >= 4 is 29.5 Å². The topological polar surface area (TPSA) is 226 Å². The van der Waals surface area contributed by atoms with E-state index < -0.39 is 60.5 Å². The Morgan fingerprint density at radius 2 is 1.21 bits per heavy atom. The summed E-state index contributed by atoms with van der Waals surface area (Å²) in [5, 5.41) is 29.8. The smallest absolute Gasteiger partial charge is 0.245 e. The van der Waals surface area contributed by atoms with Crippen LogP contribution in [0.2, 0.25) is 0 Å². The summed E-state index contributed by atoms with van der Waals surface area (Å²) in [6.07, 6.45) is 0.948. The first-order valence-electron chi connectivity index (χ1n) is 13.6. The Labute approximate surface area is 231 Å². The lowest BCUT2D eigenvalue weighted by Crippen LogP contribution is -2.61. The number of nitrogens with one attached hydrogen (secondary N) is 4. The molecule has 0 heterocycles. The number of rotatable bonds is 19. The predicted octanol–water partition coefficient (Wildman–Crippen LogP) is -1.36. The fraction of sp³-hybridized carbons (Fsp3) is 0.808. The van der Waals surface area contributed by atoms with E-state index in [0.29, 0.717) is 25.8 Å². The zero-order chi connectivity index (χ0) is 30.3. The molecule has 0 radical (unpaired) electrons. The molecule has 0 saturated heterocycles. The molecular formula is C26H50N6O7. The molecule has 0 saturated carbocycles. The van der Waals surface area contributed by atoms with Crippen LogP contribution in [0.3, 0.4) is 0 Å². The van der Waals surface area contributed by atoms with Gasteiger partial charge in [-0.2, -0.15) is 0 Å². The molecule has 0 aliphatic heterocycles. The summed E-state index contributed by atoms with van der Waals surface area (Å²) in [5.74, 6) is -3.57. The van der Waals surface area contributed by atoms with E-state index in [1.54, 1.807) is 6.92 Å². The van der Waals surface area contributed by atoms with E-state index >= 15 is 0 Å². The van der Waals surface area contributed by atoms with Crippen LogP contribution in [0.15, 0.2) is 0 Å². The van der Waals surface area contributed by atoms with Gasteiger partial charge in [-0.15, -0.1) is 0 Å². The van der Waals surface area contributed by atoms with Crippen molar-refractivity contribution in [3.63, 3.8) is 0 Å². The molecule has 0 unspecified atom stereocenters. The van der Waals surface area contributed by atoms with Gasteiger partial charge in [0.2, 0.25) is 29.5 Å². The van der Waals surface area contributed by atoms with E-state index in [9.17, 15) is 34.2 Å². The molecular weight excluding hydrogens is 508 g/mol. The van der Waals surface area contributed by atoms with Crippen LogP contribution in [0.1, 0.15) is 73.6 Å². The molecule has 13 nitrogen and oxygen atoms in total. The fourth-order valence-electron chi connectivity index (χ4n) is 3.99. The van der Waals surface area contributed by atoms with Crippen molar-refractivity contribution in [2.45, 2.75) is 104 Å². The monoisotopic (exact) mass is 558 g/mol. The minimum absolute atomic E-state index is 0.0306. The number of primary amides is 1. The zero-order valence-corrected chi connectivity index (χ0v) is 24.2. The third kappa shape index (κ3) is 14.3. The van der Waals surface area contributed by atoms with Crippen molar-refractivity contribution in [3.05, 3.63) is 0 Å². The number of carbonyl (C=O) groups excluding carboxylic acids is 5. The SMILES string of the molecule is CC(C)C[C@H](NC(=O)[C@@H](NC(=O)[C@H](CO)NC(=O)[C@H](CCCCN)NC(=O)[C@@H](C)CC(C)C)[C@@H](C)O)C(N)=O. The molecule has 0 aromatic heterocycles. The molecule has 0 bridgehead atoms. The molecule has 0 fully saturated rings. The molecule has 10 N–H and O–H groups in total. The number of hydrogen-bond donors (Lipinski definition) is 8. The molecule has 6 atom stereocenters. The van der Waals surface area contributed by atoms with Gasteiger partial charge in [-0.3, -0.25) is 24.0 Å². The van der Waals surface area contributed by atoms with Gasteiger partial charge in [-0.25, -0.2) is 0 Å². The van der Waals surface area contributed by atoms with Crippen molar-refractivity contribution in [1.29, 1.82) is 0 Å². The Morgan fingerprint density at radius 3 is 1.67 bits per heavy atom. The van der Waals surface area contributed by atoms with Gasteiger partial charge in [-0.05, 0) is 57.4 Å². The zero-order valence-electron chi connectivity index (χ0n) is 24.2. The fourth-order valence-corrected chi connectivity index (χ4v) is 3.99. The number of amides is 5. The Hall–Kier alpha value is -2.77. The summed E-state index contributed by atoms with van der Waals surface area (Å²) in [5.41, 5.74) is 10.9. The Balaban J connectivity index is 5.52. The van der Waals surface area contributed by atoms with Crippen molar-refractivity contribution in [1.82, 2.24) is 21.3 Å². The highest BCUT2D eigenvalue weighted by Gasteiger charge is 2.33. The highest BCUT2D eigenvalue weighted by atomic mass is 16.3. The maximum Gasteiger partial charge on any atom is 0.245 e. The van der Waals surface area contributed by atoms with Crippen LogP contribution in [0, 0.1) is 17.8 Å². The van der Waals surface area contributed by atoms with Gasteiger partial charge >= 0.3 is 0 Å². The van der Waals surface area contributed by atoms with Gasteiger partial charge < -0.3 is 42.9 Å². The van der Waals surface area contributed by atoms with E-state index in [-0.39, 0.29) is 36.5 Å². The molecule has 39 heavy (non-hydrogen) atoms. The summed E-state index contributed by atoms with van der Waals surface area (Å²) >= 11 is 0. The summed E-state index contributed by atoms with van der Waals surface area (Å²) in [4.78, 5) is 63.1. The van der Waals surface area contributed by atoms with Crippen LogP contribution in [-0.4, -0.2) is 83.2 Å². The Morgan fingerprint density at radius 1 is 0.692 bits per heavy atom. The van der Waals surface area contributed by atoms with Gasteiger partial charge in [0.25, 0.3) is 0 Å². The second-order valence-corrected chi connectivity index (χ2v) is 10.9. The highest BCUT2D eigenvalue weighted by molar-refractivity contribution is 5.95. The van der Waals surface area contributed by atoms with Crippen LogP contribution in [0.25, 0.3) is 0 Å². The van der Waals surface area contributed by atoms with Gasteiger partial charge in [0.05, 0.1) is 12.7 Å². The van der Waals surface area contributed by atoms with E-state index in [1.165, 1.54) is 6.92 Å². The average Bonchev–Trinajstić information content (AvgIpc) is 2.83. The number of hydrogen-bond acceptors (Lipinski definition) is 8. The van der Waals surface area contributed by atoms with Gasteiger partial charge in [-0.1, -0.05) is 34.6 Å². The van der Waals surface area contributed by atoms with Gasteiger partial charge in [0.1, 0.15) is 24.2 Å². The molecule has 0 spiro atoms. The first-order valence-corrected chi connectivity index (χ1v) is 13.6. The van der Waals surface area contributed by atoms with Crippen LogP contribution in [0.4, 0.5) is 0 Å². The Kier molecular flexibility index (Phi) is 17.2. The van der Waals surface area contributed by atoms with Crippen LogP contribution >= 0.6 is 0 Å². The second kappa shape index (κ2) is 18.5. The average molecular weight is 559 g/mol. The summed E-state index contributed by atoms with van der Waals surface area (Å²) in [6, 6.07) is -4.95. The Bertz CT molecular complexity index is 806. The standard InChI is InChI=1S/C26H50N6O7/c1-14(2)11-16(5)23(36)29-18(9-7-8-10-27)24(37)31-20(13-33)25(38)32-21(17(6)34)26(39)30-19(22(28)35)12-15(3)4/h14-21,33-34H,7-13,27H2,1-6H3,(H2,28,35)(H,29,36)(H,30,39)(H,31,37)(H,32,38)/t16-,17+,18-,19-,20-,21-/m0/s1. The lowest BCUT2D eigenvalue weighted by molar-refractivity contribution is -0.137. The van der Waals surface area contributed by atoms with Crippen molar-refractivity contribution < 1.29 is 34.2 Å². The molecule has 0 aliphatic carbocycles. The van der Waals surface area contributed by atoms with E-state index in [0.717, 1.165) is 0 Å².